The standard InChI is InChI=1S/C11H11N3O2/c1-16-8-2-3-9(10(12)4-8)11(15)7-5-13-14-6-7/h2-6H,12H2,1H3,(H,13,14). The van der Waals surface area contributed by atoms with Crippen LogP contribution in [0.15, 0.2) is 30.6 Å². The number of aromatic amines is 1. The molecule has 0 aliphatic heterocycles. The van der Waals surface area contributed by atoms with Gasteiger partial charge in [0.2, 0.25) is 0 Å². The van der Waals surface area contributed by atoms with Crippen LogP contribution >= 0.6 is 0 Å². The maximum Gasteiger partial charge on any atom is 0.198 e. The van der Waals surface area contributed by atoms with Crippen LogP contribution in [-0.2, 0) is 0 Å². The number of benzene rings is 1. The largest absolute Gasteiger partial charge is 0.497 e. The normalized spacial score (nSPS) is 10.1. The van der Waals surface area contributed by atoms with Crippen molar-refractivity contribution < 1.29 is 9.53 Å². The van der Waals surface area contributed by atoms with Gasteiger partial charge in [0.1, 0.15) is 5.75 Å². The first-order valence-corrected chi connectivity index (χ1v) is 4.69. The van der Waals surface area contributed by atoms with Gasteiger partial charge in [-0.2, -0.15) is 5.10 Å². The summed E-state index contributed by atoms with van der Waals surface area (Å²) in [4.78, 5) is 11.9. The third-order valence-corrected chi connectivity index (χ3v) is 2.26. The number of hydrogen-bond donors (Lipinski definition) is 2. The fourth-order valence-electron chi connectivity index (χ4n) is 1.41. The summed E-state index contributed by atoms with van der Waals surface area (Å²) in [5.41, 5.74) is 7.10. The Balaban J connectivity index is 2.38. The lowest BCUT2D eigenvalue weighted by atomic mass is 10.0. The smallest absolute Gasteiger partial charge is 0.198 e. The number of aromatic nitrogens is 2. The van der Waals surface area contributed by atoms with Crippen LogP contribution in [0.5, 0.6) is 5.75 Å². The van der Waals surface area contributed by atoms with E-state index in [1.807, 2.05) is 0 Å². The number of rotatable bonds is 3. The zero-order chi connectivity index (χ0) is 11.5. The van der Waals surface area contributed by atoms with Crippen molar-refractivity contribution in [2.24, 2.45) is 0 Å². The van der Waals surface area contributed by atoms with Crippen LogP contribution in [0.25, 0.3) is 0 Å². The van der Waals surface area contributed by atoms with Crippen LogP contribution in [0.3, 0.4) is 0 Å². The van der Waals surface area contributed by atoms with E-state index in [0.717, 1.165) is 0 Å². The van der Waals surface area contributed by atoms with E-state index in [1.165, 1.54) is 12.4 Å². The van der Waals surface area contributed by atoms with Crippen molar-refractivity contribution in [3.8, 4) is 5.75 Å². The molecule has 2 rings (SSSR count). The molecule has 0 aliphatic rings. The van der Waals surface area contributed by atoms with E-state index >= 15 is 0 Å². The molecule has 0 amide bonds. The molecule has 5 nitrogen and oxygen atoms in total. The van der Waals surface area contributed by atoms with Crippen molar-refractivity contribution >= 4 is 11.5 Å². The summed E-state index contributed by atoms with van der Waals surface area (Å²) < 4.78 is 5.01. The third kappa shape index (κ3) is 1.75. The zero-order valence-electron chi connectivity index (χ0n) is 8.73. The van der Waals surface area contributed by atoms with Crippen LogP contribution in [0.1, 0.15) is 15.9 Å². The topological polar surface area (TPSA) is 81.0 Å². The molecule has 1 aromatic heterocycles. The molecule has 5 heteroatoms. The molecular weight excluding hydrogens is 206 g/mol. The van der Waals surface area contributed by atoms with Gasteiger partial charge in [0.15, 0.2) is 5.78 Å². The number of nitrogen functional groups attached to an aromatic ring is 1. The second-order valence-electron chi connectivity index (χ2n) is 3.27. The number of hydrogen-bond acceptors (Lipinski definition) is 4. The second-order valence-corrected chi connectivity index (χ2v) is 3.27. The number of nitrogens with two attached hydrogens (primary N) is 1. The molecule has 0 fully saturated rings. The Hall–Kier alpha value is -2.30. The first-order valence-electron chi connectivity index (χ1n) is 4.69. The van der Waals surface area contributed by atoms with Crippen LogP contribution in [-0.4, -0.2) is 23.1 Å². The molecule has 1 heterocycles. The predicted molar refractivity (Wildman–Crippen MR) is 59.4 cm³/mol. The van der Waals surface area contributed by atoms with Gasteiger partial charge in [0, 0.05) is 23.5 Å². The Labute approximate surface area is 92.2 Å². The van der Waals surface area contributed by atoms with Gasteiger partial charge in [-0.05, 0) is 12.1 Å². The summed E-state index contributed by atoms with van der Waals surface area (Å²) in [5.74, 6) is 0.468. The van der Waals surface area contributed by atoms with Gasteiger partial charge in [-0.25, -0.2) is 0 Å². The van der Waals surface area contributed by atoms with Crippen molar-refractivity contribution in [2.45, 2.75) is 0 Å². The summed E-state index contributed by atoms with van der Waals surface area (Å²) in [6.07, 6.45) is 3.00. The van der Waals surface area contributed by atoms with Crippen LogP contribution in [0.4, 0.5) is 5.69 Å². The monoisotopic (exact) mass is 217 g/mol. The van der Waals surface area contributed by atoms with E-state index < -0.39 is 0 Å². The van der Waals surface area contributed by atoms with Gasteiger partial charge in [0.05, 0.1) is 18.9 Å². The van der Waals surface area contributed by atoms with Crippen LogP contribution < -0.4 is 10.5 Å². The molecular formula is C11H11N3O2. The zero-order valence-corrected chi connectivity index (χ0v) is 8.73. The molecule has 16 heavy (non-hydrogen) atoms. The fraction of sp³-hybridized carbons (Fsp3) is 0.0909. The lowest BCUT2D eigenvalue weighted by molar-refractivity contribution is 0.103. The maximum absolute atomic E-state index is 11.9. The van der Waals surface area contributed by atoms with Crippen molar-refractivity contribution in [3.63, 3.8) is 0 Å². The van der Waals surface area contributed by atoms with Gasteiger partial charge in [-0.15, -0.1) is 0 Å². The summed E-state index contributed by atoms with van der Waals surface area (Å²) in [6, 6.07) is 4.96. The number of nitrogens with zero attached hydrogens (tertiary/aromatic N) is 1. The first-order chi connectivity index (χ1) is 7.72. The minimum atomic E-state index is -0.158. The summed E-state index contributed by atoms with van der Waals surface area (Å²) >= 11 is 0. The molecule has 0 saturated heterocycles. The highest BCUT2D eigenvalue weighted by Gasteiger charge is 2.13. The molecule has 0 saturated carbocycles. The number of nitrogens with one attached hydrogen (secondary N) is 1. The third-order valence-electron chi connectivity index (χ3n) is 2.26. The van der Waals surface area contributed by atoms with Crippen molar-refractivity contribution in [2.75, 3.05) is 12.8 Å². The quantitative estimate of drug-likeness (QED) is 0.598. The van der Waals surface area contributed by atoms with E-state index in [-0.39, 0.29) is 5.78 Å². The highest BCUT2D eigenvalue weighted by molar-refractivity contribution is 6.11. The Bertz CT molecular complexity index is 506. The number of carbonyl (C=O) groups excluding carboxylic acids is 1. The number of H-pyrrole nitrogens is 1. The number of methoxy groups -OCH3 is 1. The van der Waals surface area contributed by atoms with Gasteiger partial charge in [-0.1, -0.05) is 0 Å². The fourth-order valence-corrected chi connectivity index (χ4v) is 1.41. The van der Waals surface area contributed by atoms with Crippen molar-refractivity contribution in [3.05, 3.63) is 41.7 Å². The van der Waals surface area contributed by atoms with E-state index in [9.17, 15) is 4.79 Å². The minimum absolute atomic E-state index is 0.158. The summed E-state index contributed by atoms with van der Waals surface area (Å²) in [7, 11) is 1.55. The number of ketones is 1. The van der Waals surface area contributed by atoms with Gasteiger partial charge >= 0.3 is 0 Å². The van der Waals surface area contributed by atoms with E-state index in [2.05, 4.69) is 10.2 Å². The molecule has 0 spiro atoms. The lowest BCUT2D eigenvalue weighted by Gasteiger charge is -2.05. The number of anilines is 1. The molecule has 0 atom stereocenters. The van der Waals surface area contributed by atoms with Crippen LogP contribution in [0.2, 0.25) is 0 Å². The average Bonchev–Trinajstić information content (AvgIpc) is 2.81. The Kier molecular flexibility index (Phi) is 2.59. The molecule has 0 unspecified atom stereocenters. The van der Waals surface area contributed by atoms with Gasteiger partial charge in [0.25, 0.3) is 0 Å². The number of carbonyl (C=O) groups is 1. The van der Waals surface area contributed by atoms with E-state index in [0.29, 0.717) is 22.6 Å². The highest BCUT2D eigenvalue weighted by Crippen LogP contribution is 2.21. The first kappa shape index (κ1) is 10.2. The number of ether oxygens (including phenoxy) is 1. The highest BCUT2D eigenvalue weighted by atomic mass is 16.5. The summed E-state index contributed by atoms with van der Waals surface area (Å²) in [6.45, 7) is 0. The Morgan fingerprint density at radius 3 is 2.88 bits per heavy atom. The molecule has 1 aromatic carbocycles. The molecule has 82 valence electrons. The minimum Gasteiger partial charge on any atom is -0.497 e. The molecule has 2 aromatic rings. The average molecular weight is 217 g/mol. The Morgan fingerprint density at radius 1 is 1.50 bits per heavy atom. The molecule has 0 radical (unpaired) electrons. The van der Waals surface area contributed by atoms with Crippen molar-refractivity contribution in [1.82, 2.24) is 10.2 Å². The van der Waals surface area contributed by atoms with Crippen molar-refractivity contribution in [1.29, 1.82) is 0 Å². The molecule has 0 bridgehead atoms. The molecule has 0 aliphatic carbocycles. The van der Waals surface area contributed by atoms with Crippen LogP contribution in [0, 0.1) is 0 Å². The van der Waals surface area contributed by atoms with E-state index in [4.69, 9.17) is 10.5 Å². The SMILES string of the molecule is COc1ccc(C(=O)c2cn[nH]c2)c(N)c1. The maximum atomic E-state index is 11.9. The van der Waals surface area contributed by atoms with Gasteiger partial charge in [-0.3, -0.25) is 9.89 Å². The lowest BCUT2D eigenvalue weighted by Crippen LogP contribution is -2.04. The summed E-state index contributed by atoms with van der Waals surface area (Å²) in [5, 5.41) is 6.31. The predicted octanol–water partition coefficient (Wildman–Crippen LogP) is 1.23. The second kappa shape index (κ2) is 4.06. The van der Waals surface area contributed by atoms with E-state index in [1.54, 1.807) is 25.3 Å². The Morgan fingerprint density at radius 2 is 2.31 bits per heavy atom. The molecule has 3 N–H and O–H groups in total. The van der Waals surface area contributed by atoms with Gasteiger partial charge < -0.3 is 10.5 Å².